The van der Waals surface area contributed by atoms with E-state index in [4.69, 9.17) is 0 Å². The molecular formula is C20H20N2O2. The van der Waals surface area contributed by atoms with Crippen molar-refractivity contribution in [2.75, 3.05) is 7.05 Å². The molecule has 2 amide bonds. The van der Waals surface area contributed by atoms with Crippen LogP contribution in [-0.4, -0.2) is 29.8 Å². The third kappa shape index (κ3) is 2.48. The highest BCUT2D eigenvalue weighted by atomic mass is 16.2. The lowest BCUT2D eigenvalue weighted by atomic mass is 9.88. The monoisotopic (exact) mass is 320 g/mol. The zero-order valence-corrected chi connectivity index (χ0v) is 13.7. The lowest BCUT2D eigenvalue weighted by molar-refractivity contribution is -0.139. The third-order valence-electron chi connectivity index (χ3n) is 5.06. The molecule has 4 heteroatoms. The van der Waals surface area contributed by atoms with E-state index in [1.807, 2.05) is 36.4 Å². The van der Waals surface area contributed by atoms with E-state index >= 15 is 0 Å². The zero-order valence-electron chi connectivity index (χ0n) is 13.7. The first-order valence-electron chi connectivity index (χ1n) is 8.33. The first-order chi connectivity index (χ1) is 11.6. The Balaban J connectivity index is 1.56. The number of amides is 2. The van der Waals surface area contributed by atoms with Gasteiger partial charge in [0.15, 0.2) is 0 Å². The molecule has 0 bridgehead atoms. The van der Waals surface area contributed by atoms with Crippen LogP contribution in [0, 0.1) is 0 Å². The van der Waals surface area contributed by atoms with Gasteiger partial charge in [0.2, 0.25) is 11.8 Å². The van der Waals surface area contributed by atoms with E-state index in [-0.39, 0.29) is 17.9 Å². The van der Waals surface area contributed by atoms with Crippen molar-refractivity contribution in [3.05, 3.63) is 70.8 Å². The van der Waals surface area contributed by atoms with Crippen LogP contribution < -0.4 is 5.32 Å². The van der Waals surface area contributed by atoms with Gasteiger partial charge in [-0.3, -0.25) is 9.59 Å². The van der Waals surface area contributed by atoms with Crippen LogP contribution in [0.5, 0.6) is 0 Å². The molecule has 1 aliphatic carbocycles. The molecule has 0 spiro atoms. The molecule has 2 aliphatic rings. The van der Waals surface area contributed by atoms with E-state index in [1.54, 1.807) is 11.9 Å². The average molecular weight is 320 g/mol. The molecule has 1 aliphatic heterocycles. The number of nitrogens with one attached hydrogen (secondary N) is 1. The Bertz CT molecular complexity index is 790. The molecule has 1 unspecified atom stereocenters. The van der Waals surface area contributed by atoms with E-state index < -0.39 is 5.92 Å². The molecule has 0 aromatic heterocycles. The maximum absolute atomic E-state index is 12.9. The van der Waals surface area contributed by atoms with E-state index in [0.29, 0.717) is 6.54 Å². The second kappa shape index (κ2) is 5.78. The Morgan fingerprint density at radius 1 is 1.00 bits per heavy atom. The van der Waals surface area contributed by atoms with Crippen LogP contribution in [0.4, 0.5) is 0 Å². The molecule has 1 N–H and O–H groups in total. The molecule has 1 heterocycles. The standard InChI is InChI=1S/C20H20N2O2/c1-22-12-15-8-4-5-9-17(15)18(20(22)24)19(23)21-16-10-13-6-2-3-7-14(13)11-16/h2-9,16,18H,10-12H2,1H3,(H,21,23). The molecule has 2 aromatic rings. The van der Waals surface area contributed by atoms with E-state index in [2.05, 4.69) is 17.4 Å². The minimum absolute atomic E-state index is 0.0714. The van der Waals surface area contributed by atoms with E-state index in [1.165, 1.54) is 11.1 Å². The number of hydrogen-bond donors (Lipinski definition) is 1. The largest absolute Gasteiger partial charge is 0.352 e. The second-order valence-corrected chi connectivity index (χ2v) is 6.71. The fourth-order valence-electron chi connectivity index (χ4n) is 3.85. The smallest absolute Gasteiger partial charge is 0.239 e. The molecule has 4 rings (SSSR count). The van der Waals surface area contributed by atoms with Gasteiger partial charge in [-0.15, -0.1) is 0 Å². The number of carbonyl (C=O) groups excluding carboxylic acids is 2. The Labute approximate surface area is 141 Å². The SMILES string of the molecule is CN1Cc2ccccc2C(C(=O)NC2Cc3ccccc3C2)C1=O. The Kier molecular flexibility index (Phi) is 3.60. The zero-order chi connectivity index (χ0) is 16.7. The van der Waals surface area contributed by atoms with Gasteiger partial charge >= 0.3 is 0 Å². The van der Waals surface area contributed by atoms with Gasteiger partial charge in [-0.2, -0.15) is 0 Å². The van der Waals surface area contributed by atoms with Crippen molar-refractivity contribution in [1.29, 1.82) is 0 Å². The fourth-order valence-corrected chi connectivity index (χ4v) is 3.85. The second-order valence-electron chi connectivity index (χ2n) is 6.71. The summed E-state index contributed by atoms with van der Waals surface area (Å²) in [5.41, 5.74) is 4.47. The number of likely N-dealkylation sites (N-methyl/N-ethyl adjacent to an activating group) is 1. The molecule has 24 heavy (non-hydrogen) atoms. The number of fused-ring (bicyclic) bond motifs is 2. The summed E-state index contributed by atoms with van der Waals surface area (Å²) in [5, 5.41) is 3.10. The molecule has 0 saturated carbocycles. The molecule has 4 nitrogen and oxygen atoms in total. The summed E-state index contributed by atoms with van der Waals surface area (Å²) in [7, 11) is 1.75. The van der Waals surface area contributed by atoms with Gasteiger partial charge in [-0.05, 0) is 35.1 Å². The Hall–Kier alpha value is -2.62. The first kappa shape index (κ1) is 14.9. The molecule has 2 aromatic carbocycles. The van der Waals surface area contributed by atoms with Crippen LogP contribution >= 0.6 is 0 Å². The number of nitrogens with zero attached hydrogens (tertiary/aromatic N) is 1. The van der Waals surface area contributed by atoms with Crippen LogP contribution in [0.3, 0.4) is 0 Å². The van der Waals surface area contributed by atoms with Crippen LogP contribution in [0.15, 0.2) is 48.5 Å². The van der Waals surface area contributed by atoms with Gasteiger partial charge in [0.05, 0.1) is 0 Å². The van der Waals surface area contributed by atoms with Crippen molar-refractivity contribution in [2.45, 2.75) is 31.3 Å². The van der Waals surface area contributed by atoms with Crippen LogP contribution in [0.25, 0.3) is 0 Å². The van der Waals surface area contributed by atoms with E-state index in [0.717, 1.165) is 24.0 Å². The van der Waals surface area contributed by atoms with Gasteiger partial charge in [-0.25, -0.2) is 0 Å². The summed E-state index contributed by atoms with van der Waals surface area (Å²) >= 11 is 0. The quantitative estimate of drug-likeness (QED) is 0.861. The summed E-state index contributed by atoms with van der Waals surface area (Å²) in [5.74, 6) is -1.04. The molecule has 1 atom stereocenters. The minimum Gasteiger partial charge on any atom is -0.352 e. The summed E-state index contributed by atoms with van der Waals surface area (Å²) in [4.78, 5) is 27.1. The van der Waals surface area contributed by atoms with Crippen LogP contribution in [-0.2, 0) is 29.0 Å². The van der Waals surface area contributed by atoms with E-state index in [9.17, 15) is 9.59 Å². The normalized spacial score (nSPS) is 19.8. The van der Waals surface area contributed by atoms with Crippen molar-refractivity contribution in [3.8, 4) is 0 Å². The molecule has 0 radical (unpaired) electrons. The molecule has 122 valence electrons. The predicted molar refractivity (Wildman–Crippen MR) is 91.4 cm³/mol. The highest BCUT2D eigenvalue weighted by Crippen LogP contribution is 2.29. The Morgan fingerprint density at radius 2 is 1.58 bits per heavy atom. The predicted octanol–water partition coefficient (Wildman–Crippen LogP) is 2.03. The summed E-state index contributed by atoms with van der Waals surface area (Å²) in [6, 6.07) is 16.1. The van der Waals surface area contributed by atoms with Gasteiger partial charge in [0.25, 0.3) is 0 Å². The van der Waals surface area contributed by atoms with Crippen LogP contribution in [0.1, 0.15) is 28.2 Å². The first-order valence-corrected chi connectivity index (χ1v) is 8.33. The Morgan fingerprint density at radius 3 is 2.25 bits per heavy atom. The third-order valence-corrected chi connectivity index (χ3v) is 5.06. The molecule has 0 saturated heterocycles. The molecule has 0 fully saturated rings. The van der Waals surface area contributed by atoms with Crippen molar-refractivity contribution in [3.63, 3.8) is 0 Å². The van der Waals surface area contributed by atoms with Crippen molar-refractivity contribution < 1.29 is 9.59 Å². The maximum Gasteiger partial charge on any atom is 0.239 e. The maximum atomic E-state index is 12.9. The van der Waals surface area contributed by atoms with Crippen molar-refractivity contribution in [1.82, 2.24) is 10.2 Å². The highest BCUT2D eigenvalue weighted by Gasteiger charge is 2.37. The number of rotatable bonds is 2. The van der Waals surface area contributed by atoms with Gasteiger partial charge in [0.1, 0.15) is 5.92 Å². The van der Waals surface area contributed by atoms with Gasteiger partial charge in [0, 0.05) is 19.6 Å². The van der Waals surface area contributed by atoms with Crippen molar-refractivity contribution in [2.24, 2.45) is 0 Å². The summed E-state index contributed by atoms with van der Waals surface area (Å²) < 4.78 is 0. The number of benzene rings is 2. The lowest BCUT2D eigenvalue weighted by Gasteiger charge is -2.31. The lowest BCUT2D eigenvalue weighted by Crippen LogP contribution is -2.46. The topological polar surface area (TPSA) is 49.4 Å². The highest BCUT2D eigenvalue weighted by molar-refractivity contribution is 6.06. The fraction of sp³-hybridized carbons (Fsp3) is 0.300. The molecular weight excluding hydrogens is 300 g/mol. The van der Waals surface area contributed by atoms with Gasteiger partial charge < -0.3 is 10.2 Å². The van der Waals surface area contributed by atoms with Crippen LogP contribution in [0.2, 0.25) is 0 Å². The van der Waals surface area contributed by atoms with Crippen molar-refractivity contribution >= 4 is 11.8 Å². The summed E-state index contributed by atoms with van der Waals surface area (Å²) in [6.45, 7) is 0.563. The summed E-state index contributed by atoms with van der Waals surface area (Å²) in [6.07, 6.45) is 1.67. The average Bonchev–Trinajstić information content (AvgIpc) is 2.98. The minimum atomic E-state index is -0.733. The van der Waals surface area contributed by atoms with Gasteiger partial charge in [-0.1, -0.05) is 48.5 Å². The number of carbonyl (C=O) groups is 2. The number of hydrogen-bond acceptors (Lipinski definition) is 2.